The van der Waals surface area contributed by atoms with Crippen LogP contribution in [0.15, 0.2) is 11.6 Å². The van der Waals surface area contributed by atoms with Crippen molar-refractivity contribution in [1.29, 1.82) is 0 Å². The summed E-state index contributed by atoms with van der Waals surface area (Å²) in [4.78, 5) is 23.5. The van der Waals surface area contributed by atoms with Gasteiger partial charge in [-0.05, 0) is 130 Å². The quantitative estimate of drug-likeness (QED) is 0.125. The Morgan fingerprint density at radius 2 is 1.26 bits per heavy atom. The molecule has 6 N–H and O–H groups in total. The molecule has 7 saturated carbocycles. The number of carbonyl (C=O) groups excluding carboxylic acids is 2. The number of ether oxygens (including phenoxy) is 2. The molecule has 0 aromatic rings. The van der Waals surface area contributed by atoms with Gasteiger partial charge in [-0.15, -0.1) is 0 Å². The second-order valence-corrected chi connectivity index (χ2v) is 21.8. The Morgan fingerprint density at radius 3 is 1.81 bits per heavy atom. The lowest BCUT2D eigenvalue weighted by Gasteiger charge is -2.62. The fourth-order valence-corrected chi connectivity index (χ4v) is 16.9. The first-order valence-electron chi connectivity index (χ1n) is 20.7. The molecular weight excluding hydrogens is 824 g/mol. The Morgan fingerprint density at radius 1 is 0.704 bits per heavy atom. The highest BCUT2D eigenvalue weighted by molar-refractivity contribution is 9.09. The van der Waals surface area contributed by atoms with E-state index in [1.54, 1.807) is 0 Å². The minimum absolute atomic E-state index is 0.0514. The molecule has 8 rings (SSSR count). The summed E-state index contributed by atoms with van der Waals surface area (Å²) in [7, 11) is 0. The van der Waals surface area contributed by atoms with Gasteiger partial charge in [0.1, 0.15) is 12.2 Å². The van der Waals surface area contributed by atoms with E-state index in [0.29, 0.717) is 25.7 Å². The van der Waals surface area contributed by atoms with E-state index in [2.05, 4.69) is 45.7 Å². The topological polar surface area (TPSA) is 174 Å². The molecule has 0 aliphatic heterocycles. The molecule has 8 aliphatic carbocycles. The molecule has 0 amide bonds. The Labute approximate surface area is 337 Å². The molecular formula is C42H64Br2O10. The monoisotopic (exact) mass is 886 g/mol. The average Bonchev–Trinajstić information content (AvgIpc) is 3.51. The average molecular weight is 889 g/mol. The summed E-state index contributed by atoms with van der Waals surface area (Å²) >= 11 is 7.51. The van der Waals surface area contributed by atoms with E-state index in [1.165, 1.54) is 13.8 Å². The molecule has 0 saturated heterocycles. The molecule has 7 unspecified atom stereocenters. The summed E-state index contributed by atoms with van der Waals surface area (Å²) in [6, 6.07) is 0. The van der Waals surface area contributed by atoms with E-state index >= 15 is 0 Å². The lowest BCUT2D eigenvalue weighted by Crippen LogP contribution is -2.61. The minimum atomic E-state index is -0.574. The van der Waals surface area contributed by atoms with Crippen molar-refractivity contribution in [2.75, 3.05) is 13.2 Å². The zero-order valence-corrected chi connectivity index (χ0v) is 35.6. The van der Waals surface area contributed by atoms with Crippen molar-refractivity contribution in [3.05, 3.63) is 11.6 Å². The number of alkyl halides is 2. The van der Waals surface area contributed by atoms with Crippen molar-refractivity contribution in [2.45, 2.75) is 157 Å². The first-order chi connectivity index (χ1) is 25.5. The van der Waals surface area contributed by atoms with Crippen molar-refractivity contribution < 1.29 is 49.7 Å². The number of aliphatic hydroxyl groups excluding tert-OH is 6. The number of hydrogen-bond acceptors (Lipinski definition) is 10. The number of halogens is 2. The van der Waals surface area contributed by atoms with Gasteiger partial charge in [0.2, 0.25) is 0 Å². The number of esters is 2. The van der Waals surface area contributed by atoms with Gasteiger partial charge in [0, 0.05) is 36.7 Å². The van der Waals surface area contributed by atoms with Crippen LogP contribution >= 0.6 is 31.9 Å². The minimum Gasteiger partial charge on any atom is -0.461 e. The van der Waals surface area contributed by atoms with Crippen LogP contribution in [0.3, 0.4) is 0 Å². The van der Waals surface area contributed by atoms with Crippen LogP contribution in [0.1, 0.15) is 111 Å². The van der Waals surface area contributed by atoms with Gasteiger partial charge < -0.3 is 40.1 Å². The lowest BCUT2D eigenvalue weighted by atomic mass is 9.44. The predicted octanol–water partition coefficient (Wildman–Crippen LogP) is 5.20. The predicted molar refractivity (Wildman–Crippen MR) is 208 cm³/mol. The number of hydrogen-bond donors (Lipinski definition) is 6. The molecule has 0 aromatic heterocycles. The van der Waals surface area contributed by atoms with E-state index < -0.39 is 12.2 Å². The standard InChI is InChI=1S/C21H33BrO5.C21H31BrO5/c2*1-11(24)27-19-16(22)9-15-18-14(4-5-20(15,19)2)21(10-23)6-3-13(25)7-12(21)8-17(18)26/h12-19,23,25-26H,3-10H2,1-2H3;8,13-19,23,25-26H,3-7,9-10H2,1-2H3/t12?,13-,14?,15?,16+,17-,18?,19-,20-,21+;13-,14?,15?,16+,17-,18?,19-,20-,21+/m00/s1. The summed E-state index contributed by atoms with van der Waals surface area (Å²) < 4.78 is 11.5. The normalized spacial score (nSPS) is 53.1. The molecule has 306 valence electrons. The third-order valence-corrected chi connectivity index (χ3v) is 18.8. The second kappa shape index (κ2) is 15.2. The van der Waals surface area contributed by atoms with E-state index in [4.69, 9.17) is 9.47 Å². The van der Waals surface area contributed by atoms with Gasteiger partial charge in [-0.3, -0.25) is 9.59 Å². The van der Waals surface area contributed by atoms with Crippen molar-refractivity contribution in [2.24, 2.45) is 63.1 Å². The third kappa shape index (κ3) is 6.53. The summed E-state index contributed by atoms with van der Waals surface area (Å²) in [5.74, 6) is 0.857. The van der Waals surface area contributed by atoms with Crippen LogP contribution in [0.25, 0.3) is 0 Å². The Balaban J connectivity index is 0.000000167. The van der Waals surface area contributed by atoms with Crippen LogP contribution in [-0.4, -0.2) is 102 Å². The van der Waals surface area contributed by atoms with E-state index in [-0.39, 0.29) is 122 Å². The molecule has 0 spiro atoms. The third-order valence-electron chi connectivity index (χ3n) is 17.1. The maximum Gasteiger partial charge on any atom is 0.302 e. The fraction of sp³-hybridized carbons (Fsp3) is 0.905. The van der Waals surface area contributed by atoms with Crippen LogP contribution in [0.5, 0.6) is 0 Å². The largest absolute Gasteiger partial charge is 0.461 e. The van der Waals surface area contributed by atoms with Gasteiger partial charge >= 0.3 is 11.9 Å². The number of fused-ring (bicyclic) bond motifs is 10. The molecule has 19 atom stereocenters. The summed E-state index contributed by atoms with van der Waals surface area (Å²) in [6.07, 6.45) is 10.4. The Bertz CT molecular complexity index is 1460. The van der Waals surface area contributed by atoms with Crippen LogP contribution < -0.4 is 0 Å². The van der Waals surface area contributed by atoms with Gasteiger partial charge in [-0.2, -0.15) is 0 Å². The highest BCUT2D eigenvalue weighted by Gasteiger charge is 2.67. The molecule has 0 radical (unpaired) electrons. The SMILES string of the molecule is CC(=O)O[C@H]1[C@H](Br)CC2C3C(CC[C@@]21C)[C@@]1(CO)CC[C@H](O)CC1=C[C@@H]3O.CC(=O)O[C@H]1[C@H](Br)CC2C3C(CC[C@@]21C)[C@@]1(CO)CC[C@H](O)CC1C[C@@H]3O. The molecule has 10 nitrogen and oxygen atoms in total. The van der Waals surface area contributed by atoms with Gasteiger partial charge in [-0.25, -0.2) is 0 Å². The molecule has 54 heavy (non-hydrogen) atoms. The molecule has 0 aromatic carbocycles. The zero-order chi connectivity index (χ0) is 39.1. The van der Waals surface area contributed by atoms with Gasteiger partial charge in [0.25, 0.3) is 0 Å². The van der Waals surface area contributed by atoms with Gasteiger partial charge in [-0.1, -0.05) is 57.4 Å². The van der Waals surface area contributed by atoms with Crippen molar-refractivity contribution in [3.63, 3.8) is 0 Å². The molecule has 8 aliphatic rings. The first kappa shape index (κ1) is 41.6. The van der Waals surface area contributed by atoms with Crippen LogP contribution in [-0.2, 0) is 19.1 Å². The summed E-state index contributed by atoms with van der Waals surface area (Å²) in [5.41, 5.74) is 0.251. The number of aliphatic hydroxyl groups is 6. The summed E-state index contributed by atoms with van der Waals surface area (Å²) in [6.45, 7) is 7.57. The number of carbonyl (C=O) groups is 2. The molecule has 0 heterocycles. The maximum atomic E-state index is 11.7. The van der Waals surface area contributed by atoms with Crippen LogP contribution in [0.2, 0.25) is 0 Å². The summed E-state index contributed by atoms with van der Waals surface area (Å²) in [5, 5.41) is 63.5. The molecule has 12 heteroatoms. The fourth-order valence-electron chi connectivity index (χ4n) is 14.7. The van der Waals surface area contributed by atoms with Crippen LogP contribution in [0, 0.1) is 63.1 Å². The smallest absolute Gasteiger partial charge is 0.302 e. The lowest BCUT2D eigenvalue weighted by molar-refractivity contribution is -0.198. The van der Waals surface area contributed by atoms with E-state index in [1.807, 2.05) is 6.08 Å². The molecule has 7 fully saturated rings. The van der Waals surface area contributed by atoms with Gasteiger partial charge in [0.05, 0.1) is 40.7 Å². The molecule has 0 bridgehead atoms. The van der Waals surface area contributed by atoms with Crippen molar-refractivity contribution in [3.8, 4) is 0 Å². The first-order valence-corrected chi connectivity index (χ1v) is 22.6. The zero-order valence-electron chi connectivity index (χ0n) is 32.4. The van der Waals surface area contributed by atoms with Crippen molar-refractivity contribution in [1.82, 2.24) is 0 Å². The van der Waals surface area contributed by atoms with Crippen LogP contribution in [0.4, 0.5) is 0 Å². The second-order valence-electron chi connectivity index (χ2n) is 19.4. The Kier molecular flexibility index (Phi) is 11.7. The maximum absolute atomic E-state index is 11.7. The Hall–Kier alpha value is -0.600. The van der Waals surface area contributed by atoms with E-state index in [9.17, 15) is 40.2 Å². The van der Waals surface area contributed by atoms with Gasteiger partial charge in [0.15, 0.2) is 0 Å². The highest BCUT2D eigenvalue weighted by atomic mass is 79.9. The van der Waals surface area contributed by atoms with Crippen molar-refractivity contribution >= 4 is 43.8 Å². The highest BCUT2D eigenvalue weighted by Crippen LogP contribution is 2.68. The number of rotatable bonds is 4. The van der Waals surface area contributed by atoms with E-state index in [0.717, 1.165) is 63.4 Å².